The number of nitrogens with zero attached hydrogens (tertiary/aromatic N) is 2. The summed E-state index contributed by atoms with van der Waals surface area (Å²) in [5.41, 5.74) is 0.955. The molecule has 1 saturated heterocycles. The minimum Gasteiger partial charge on any atom is -0.364 e. The molecule has 1 heterocycles. The van der Waals surface area contributed by atoms with Gasteiger partial charge in [-0.3, -0.25) is 9.80 Å². The second-order valence-electron chi connectivity index (χ2n) is 8.19. The molecule has 1 aliphatic carbocycles. The third-order valence-electron chi connectivity index (χ3n) is 6.48. The number of para-hydroxylation sites is 1. The van der Waals surface area contributed by atoms with Crippen molar-refractivity contribution in [2.75, 3.05) is 9.80 Å². The first kappa shape index (κ1) is 19.2. The van der Waals surface area contributed by atoms with Crippen LogP contribution in [0.2, 0.25) is 5.02 Å². The molecule has 1 N–H and O–H groups in total. The Labute approximate surface area is 181 Å². The van der Waals surface area contributed by atoms with E-state index in [0.29, 0.717) is 10.7 Å². The van der Waals surface area contributed by atoms with Crippen LogP contribution in [0, 0.1) is 6.92 Å². The summed E-state index contributed by atoms with van der Waals surface area (Å²) in [6.07, 6.45) is 2.39. The number of hydrogen-bond acceptors (Lipinski definition) is 2. The number of urea groups is 1. The van der Waals surface area contributed by atoms with Crippen molar-refractivity contribution in [1.29, 1.82) is 0 Å². The molecule has 5 heteroatoms. The van der Waals surface area contributed by atoms with Crippen molar-refractivity contribution < 1.29 is 9.90 Å². The number of aliphatic hydroxyl groups is 1. The minimum absolute atomic E-state index is 0.229. The molecule has 0 aromatic heterocycles. The fourth-order valence-electron chi connectivity index (χ4n) is 4.95. The molecule has 2 fully saturated rings. The van der Waals surface area contributed by atoms with Crippen LogP contribution in [0.4, 0.5) is 16.2 Å². The molecule has 1 aliphatic heterocycles. The van der Waals surface area contributed by atoms with Crippen molar-refractivity contribution in [3.63, 3.8) is 0 Å². The first-order valence-electron chi connectivity index (χ1n) is 10.2. The molecular formula is C25H23ClN2O2. The van der Waals surface area contributed by atoms with Gasteiger partial charge >= 0.3 is 6.03 Å². The molecule has 1 atom stereocenters. The Morgan fingerprint density at radius 3 is 2.13 bits per heavy atom. The van der Waals surface area contributed by atoms with E-state index >= 15 is 0 Å². The summed E-state index contributed by atoms with van der Waals surface area (Å²) < 4.78 is 0. The van der Waals surface area contributed by atoms with Crippen molar-refractivity contribution in [3.8, 4) is 0 Å². The van der Waals surface area contributed by atoms with Crippen molar-refractivity contribution in [2.45, 2.75) is 37.5 Å². The predicted octanol–water partition coefficient (Wildman–Crippen LogP) is 5.86. The average molecular weight is 419 g/mol. The second kappa shape index (κ2) is 6.86. The Kier molecular flexibility index (Phi) is 4.38. The van der Waals surface area contributed by atoms with Gasteiger partial charge in [0.15, 0.2) is 5.72 Å². The van der Waals surface area contributed by atoms with Crippen LogP contribution in [-0.4, -0.2) is 16.7 Å². The number of benzene rings is 3. The van der Waals surface area contributed by atoms with E-state index in [0.717, 1.165) is 36.1 Å². The van der Waals surface area contributed by atoms with Crippen molar-refractivity contribution in [3.05, 3.63) is 95.0 Å². The maximum atomic E-state index is 13.9. The van der Waals surface area contributed by atoms with Crippen LogP contribution in [0.5, 0.6) is 0 Å². The number of aryl methyl sites for hydroxylation is 1. The fraction of sp³-hybridized carbons (Fsp3) is 0.240. The van der Waals surface area contributed by atoms with Crippen LogP contribution in [0.25, 0.3) is 0 Å². The predicted molar refractivity (Wildman–Crippen MR) is 120 cm³/mol. The van der Waals surface area contributed by atoms with Gasteiger partial charge in [0.2, 0.25) is 0 Å². The van der Waals surface area contributed by atoms with Crippen LogP contribution < -0.4 is 9.80 Å². The quantitative estimate of drug-likeness (QED) is 0.578. The number of anilines is 2. The van der Waals surface area contributed by atoms with Crippen LogP contribution in [-0.2, 0) is 5.72 Å². The van der Waals surface area contributed by atoms with E-state index in [1.165, 1.54) is 0 Å². The van der Waals surface area contributed by atoms with Gasteiger partial charge in [-0.2, -0.15) is 0 Å². The average Bonchev–Trinajstić information content (AvgIpc) is 2.94. The largest absolute Gasteiger partial charge is 0.364 e. The van der Waals surface area contributed by atoms with E-state index in [2.05, 4.69) is 0 Å². The molecule has 0 radical (unpaired) electrons. The van der Waals surface area contributed by atoms with Gasteiger partial charge < -0.3 is 5.11 Å². The van der Waals surface area contributed by atoms with Gasteiger partial charge in [0.05, 0.1) is 0 Å². The van der Waals surface area contributed by atoms with Crippen molar-refractivity contribution in [2.24, 2.45) is 0 Å². The molecule has 152 valence electrons. The van der Waals surface area contributed by atoms with E-state index < -0.39 is 11.3 Å². The van der Waals surface area contributed by atoms with E-state index in [1.54, 1.807) is 21.9 Å². The lowest BCUT2D eigenvalue weighted by Crippen LogP contribution is -2.63. The molecule has 1 spiro atoms. The third kappa shape index (κ3) is 2.54. The summed E-state index contributed by atoms with van der Waals surface area (Å²) in [7, 11) is 0. The third-order valence-corrected chi connectivity index (χ3v) is 6.74. The van der Waals surface area contributed by atoms with Gasteiger partial charge in [-0.25, -0.2) is 4.79 Å². The first-order chi connectivity index (χ1) is 14.5. The van der Waals surface area contributed by atoms with Gasteiger partial charge in [0, 0.05) is 22.0 Å². The normalized spacial score (nSPS) is 22.4. The molecule has 1 unspecified atom stereocenters. The van der Waals surface area contributed by atoms with Gasteiger partial charge in [-0.05, 0) is 62.6 Å². The van der Waals surface area contributed by atoms with Gasteiger partial charge in [0.25, 0.3) is 0 Å². The number of rotatable bonds is 3. The summed E-state index contributed by atoms with van der Waals surface area (Å²) in [5.74, 6) is 0. The number of hydrogen-bond donors (Lipinski definition) is 1. The van der Waals surface area contributed by atoms with Gasteiger partial charge in [-0.15, -0.1) is 0 Å². The summed E-state index contributed by atoms with van der Waals surface area (Å²) in [6.45, 7) is 2.00. The zero-order chi connectivity index (χ0) is 20.9. The summed E-state index contributed by atoms with van der Waals surface area (Å²) >= 11 is 6.10. The highest BCUT2D eigenvalue weighted by atomic mass is 35.5. The Morgan fingerprint density at radius 2 is 1.53 bits per heavy atom. The van der Waals surface area contributed by atoms with Crippen molar-refractivity contribution in [1.82, 2.24) is 0 Å². The molecule has 30 heavy (non-hydrogen) atoms. The number of carbonyl (C=O) groups is 1. The summed E-state index contributed by atoms with van der Waals surface area (Å²) in [5, 5.41) is 13.1. The second-order valence-corrected chi connectivity index (χ2v) is 8.63. The van der Waals surface area contributed by atoms with E-state index in [9.17, 15) is 9.90 Å². The smallest absolute Gasteiger partial charge is 0.332 e. The number of halogens is 1. The van der Waals surface area contributed by atoms with Gasteiger partial charge in [0.1, 0.15) is 5.54 Å². The Bertz CT molecular complexity index is 1100. The summed E-state index contributed by atoms with van der Waals surface area (Å²) in [4.78, 5) is 17.3. The zero-order valence-electron chi connectivity index (χ0n) is 16.8. The fourth-order valence-corrected chi connectivity index (χ4v) is 5.08. The highest BCUT2D eigenvalue weighted by Crippen LogP contribution is 2.59. The first-order valence-corrected chi connectivity index (χ1v) is 10.6. The lowest BCUT2D eigenvalue weighted by Gasteiger charge is -2.52. The minimum atomic E-state index is -1.49. The Morgan fingerprint density at radius 1 is 0.867 bits per heavy atom. The molecule has 2 amide bonds. The molecule has 1 saturated carbocycles. The lowest BCUT2D eigenvalue weighted by atomic mass is 9.66. The monoisotopic (exact) mass is 418 g/mol. The maximum absolute atomic E-state index is 13.9. The number of amides is 2. The number of carbonyl (C=O) groups excluding carboxylic acids is 1. The van der Waals surface area contributed by atoms with E-state index in [-0.39, 0.29) is 6.03 Å². The standard InChI is InChI=1S/C25H23ClN2O2/c1-18-7-5-8-19(17-18)25(30)24(15-6-16-24)27(22-13-11-20(26)12-14-22)23(29)28(25)21-9-3-2-4-10-21/h2-5,7-14,17,30H,6,15-16H2,1H3. The lowest BCUT2D eigenvalue weighted by molar-refractivity contribution is -0.0525. The zero-order valence-corrected chi connectivity index (χ0v) is 17.5. The molecular weight excluding hydrogens is 396 g/mol. The van der Waals surface area contributed by atoms with Crippen LogP contribution >= 0.6 is 11.6 Å². The SMILES string of the molecule is Cc1cccc(C2(O)N(c3ccccc3)C(=O)N(c3ccc(Cl)cc3)C23CCC3)c1. The van der Waals surface area contributed by atoms with Crippen LogP contribution in [0.3, 0.4) is 0 Å². The maximum Gasteiger partial charge on any atom is 0.332 e. The molecule has 3 aromatic carbocycles. The molecule has 4 nitrogen and oxygen atoms in total. The van der Waals surface area contributed by atoms with Crippen LogP contribution in [0.15, 0.2) is 78.9 Å². The molecule has 3 aromatic rings. The van der Waals surface area contributed by atoms with Gasteiger partial charge in [-0.1, -0.05) is 59.6 Å². The van der Waals surface area contributed by atoms with E-state index in [4.69, 9.17) is 11.6 Å². The Balaban J connectivity index is 1.77. The molecule has 5 rings (SSSR count). The molecule has 2 aliphatic rings. The van der Waals surface area contributed by atoms with E-state index in [1.807, 2.05) is 73.7 Å². The Hall–Kier alpha value is -2.82. The summed E-state index contributed by atoms with van der Waals surface area (Å²) in [6, 6.07) is 24.3. The molecule has 0 bridgehead atoms. The topological polar surface area (TPSA) is 43.8 Å². The van der Waals surface area contributed by atoms with Crippen LogP contribution in [0.1, 0.15) is 30.4 Å². The van der Waals surface area contributed by atoms with Crippen molar-refractivity contribution >= 4 is 29.0 Å². The highest BCUT2D eigenvalue weighted by molar-refractivity contribution is 6.30. The highest BCUT2D eigenvalue weighted by Gasteiger charge is 2.70.